The molecule has 2 aromatic carbocycles. The van der Waals surface area contributed by atoms with E-state index in [1.165, 1.54) is 0 Å². The number of hydrogen-bond acceptors (Lipinski definition) is 3. The molecule has 0 aliphatic carbocycles. The summed E-state index contributed by atoms with van der Waals surface area (Å²) >= 11 is 0. The molecule has 2 amide bonds. The lowest BCUT2D eigenvalue weighted by Crippen LogP contribution is -2.35. The van der Waals surface area contributed by atoms with E-state index >= 15 is 0 Å². The van der Waals surface area contributed by atoms with E-state index in [4.69, 9.17) is 4.74 Å². The van der Waals surface area contributed by atoms with Gasteiger partial charge in [-0.3, -0.25) is 4.79 Å². The van der Waals surface area contributed by atoms with Crippen LogP contribution in [0.4, 0.5) is 16.2 Å². The van der Waals surface area contributed by atoms with Crippen LogP contribution in [0, 0.1) is 0 Å². The van der Waals surface area contributed by atoms with Crippen LogP contribution in [0.25, 0.3) is 0 Å². The van der Waals surface area contributed by atoms with Gasteiger partial charge in [-0.2, -0.15) is 0 Å². The highest BCUT2D eigenvalue weighted by atomic mass is 16.5. The Balaban J connectivity index is 1.74. The third-order valence-corrected chi connectivity index (χ3v) is 3.54. The number of para-hydroxylation sites is 1. The van der Waals surface area contributed by atoms with Gasteiger partial charge < -0.3 is 15.4 Å². The molecule has 118 valence electrons. The van der Waals surface area contributed by atoms with E-state index in [0.717, 1.165) is 0 Å². The predicted molar refractivity (Wildman–Crippen MR) is 89.2 cm³/mol. The Morgan fingerprint density at radius 2 is 1.74 bits per heavy atom. The van der Waals surface area contributed by atoms with Gasteiger partial charge in [0.05, 0.1) is 12.0 Å². The van der Waals surface area contributed by atoms with Crippen LogP contribution >= 0.6 is 0 Å². The molecule has 0 atom stereocenters. The Bertz CT molecular complexity index is 754. The Morgan fingerprint density at radius 3 is 2.48 bits per heavy atom. The number of fused-ring (bicyclic) bond motifs is 1. The number of anilines is 2. The first-order chi connectivity index (χ1) is 10.9. The first kappa shape index (κ1) is 15.1. The first-order valence-corrected chi connectivity index (χ1v) is 7.42. The minimum absolute atomic E-state index is 0.0170. The van der Waals surface area contributed by atoms with Crippen molar-refractivity contribution in [1.82, 2.24) is 0 Å². The molecule has 0 saturated carbocycles. The van der Waals surface area contributed by atoms with E-state index in [9.17, 15) is 9.59 Å². The van der Waals surface area contributed by atoms with Crippen LogP contribution in [0.5, 0.6) is 5.75 Å². The number of Topliss-reactive ketones (excluding diaryl/α,β-unsaturated/α-hetero) is 1. The van der Waals surface area contributed by atoms with Gasteiger partial charge in [0, 0.05) is 11.4 Å². The molecule has 23 heavy (non-hydrogen) atoms. The molecule has 1 aliphatic rings. The van der Waals surface area contributed by atoms with Crippen LogP contribution in [-0.2, 0) is 0 Å². The Kier molecular flexibility index (Phi) is 3.78. The van der Waals surface area contributed by atoms with Crippen LogP contribution in [0.2, 0.25) is 0 Å². The Hall–Kier alpha value is -2.82. The summed E-state index contributed by atoms with van der Waals surface area (Å²) in [6.45, 7) is 3.76. The van der Waals surface area contributed by atoms with E-state index in [-0.39, 0.29) is 11.8 Å². The van der Waals surface area contributed by atoms with Crippen LogP contribution in [0.1, 0.15) is 30.6 Å². The van der Waals surface area contributed by atoms with Crippen LogP contribution < -0.4 is 15.4 Å². The molecular formula is C18H18N2O3. The number of hydrogen-bond donors (Lipinski definition) is 2. The van der Waals surface area contributed by atoms with Crippen molar-refractivity contribution >= 4 is 23.2 Å². The average Bonchev–Trinajstić information content (AvgIpc) is 2.48. The van der Waals surface area contributed by atoms with Gasteiger partial charge >= 0.3 is 6.03 Å². The van der Waals surface area contributed by atoms with Gasteiger partial charge in [-0.1, -0.05) is 18.2 Å². The van der Waals surface area contributed by atoms with Crippen LogP contribution in [0.15, 0.2) is 48.5 Å². The smallest absolute Gasteiger partial charge is 0.323 e. The lowest BCUT2D eigenvalue weighted by molar-refractivity contribution is 0.0620. The topological polar surface area (TPSA) is 67.4 Å². The number of amides is 2. The van der Waals surface area contributed by atoms with Gasteiger partial charge in [0.15, 0.2) is 5.78 Å². The van der Waals surface area contributed by atoms with E-state index in [1.807, 2.05) is 32.0 Å². The SMILES string of the molecule is CC1(C)CC(=O)c2cc(NC(=O)Nc3ccccc3)ccc2O1. The standard InChI is InChI=1S/C18H18N2O3/c1-18(2)11-15(21)14-10-13(8-9-16(14)23-18)20-17(22)19-12-6-4-3-5-7-12/h3-10H,11H2,1-2H3,(H2,19,20,22). The third kappa shape index (κ3) is 3.51. The first-order valence-electron chi connectivity index (χ1n) is 7.42. The second kappa shape index (κ2) is 5.76. The molecule has 0 fully saturated rings. The van der Waals surface area contributed by atoms with E-state index in [1.54, 1.807) is 30.3 Å². The normalized spacial score (nSPS) is 15.3. The second-order valence-electron chi connectivity index (χ2n) is 6.12. The van der Waals surface area contributed by atoms with Gasteiger partial charge in [-0.25, -0.2) is 4.79 Å². The largest absolute Gasteiger partial charge is 0.487 e. The number of ether oxygens (including phenoxy) is 1. The van der Waals surface area contributed by atoms with Crippen molar-refractivity contribution in [3.05, 3.63) is 54.1 Å². The molecule has 0 bridgehead atoms. The molecule has 3 rings (SSSR count). The summed E-state index contributed by atoms with van der Waals surface area (Å²) < 4.78 is 5.80. The number of nitrogens with one attached hydrogen (secondary N) is 2. The zero-order chi connectivity index (χ0) is 16.4. The summed E-state index contributed by atoms with van der Waals surface area (Å²) in [6.07, 6.45) is 0.319. The minimum atomic E-state index is -0.496. The number of ketones is 1. The number of rotatable bonds is 2. The maximum Gasteiger partial charge on any atom is 0.323 e. The molecule has 0 aromatic heterocycles. The lowest BCUT2D eigenvalue weighted by atomic mass is 9.93. The number of benzene rings is 2. The monoisotopic (exact) mass is 310 g/mol. The van der Waals surface area contributed by atoms with Crippen molar-refractivity contribution in [2.45, 2.75) is 25.9 Å². The molecule has 0 unspecified atom stereocenters. The quantitative estimate of drug-likeness (QED) is 0.878. The molecule has 1 aliphatic heterocycles. The summed E-state index contributed by atoms with van der Waals surface area (Å²) in [6, 6.07) is 13.9. The van der Waals surface area contributed by atoms with Crippen molar-refractivity contribution in [3.8, 4) is 5.75 Å². The van der Waals surface area contributed by atoms with E-state index < -0.39 is 5.60 Å². The maximum atomic E-state index is 12.2. The fourth-order valence-corrected chi connectivity index (χ4v) is 2.55. The van der Waals surface area contributed by atoms with Crippen molar-refractivity contribution in [1.29, 1.82) is 0 Å². The van der Waals surface area contributed by atoms with Crippen LogP contribution in [0.3, 0.4) is 0 Å². The average molecular weight is 310 g/mol. The number of carbonyl (C=O) groups is 2. The van der Waals surface area contributed by atoms with Gasteiger partial charge in [-0.15, -0.1) is 0 Å². The summed E-state index contributed by atoms with van der Waals surface area (Å²) in [7, 11) is 0. The summed E-state index contributed by atoms with van der Waals surface area (Å²) in [5.74, 6) is 0.573. The molecule has 2 N–H and O–H groups in total. The van der Waals surface area contributed by atoms with Gasteiger partial charge in [0.25, 0.3) is 0 Å². The van der Waals surface area contributed by atoms with Crippen molar-refractivity contribution < 1.29 is 14.3 Å². The number of urea groups is 1. The predicted octanol–water partition coefficient (Wildman–Crippen LogP) is 4.07. The van der Waals surface area contributed by atoms with Gasteiger partial charge in [0.2, 0.25) is 0 Å². The van der Waals surface area contributed by atoms with Gasteiger partial charge in [-0.05, 0) is 44.2 Å². The summed E-state index contributed by atoms with van der Waals surface area (Å²) in [5.41, 5.74) is 1.25. The molecule has 0 saturated heterocycles. The fraction of sp³-hybridized carbons (Fsp3) is 0.222. The van der Waals surface area contributed by atoms with E-state index in [2.05, 4.69) is 10.6 Å². The molecule has 0 spiro atoms. The zero-order valence-electron chi connectivity index (χ0n) is 13.1. The van der Waals surface area contributed by atoms with Crippen LogP contribution in [-0.4, -0.2) is 17.4 Å². The molecule has 0 radical (unpaired) electrons. The Morgan fingerprint density at radius 1 is 1.04 bits per heavy atom. The maximum absolute atomic E-state index is 12.2. The third-order valence-electron chi connectivity index (χ3n) is 3.54. The zero-order valence-corrected chi connectivity index (χ0v) is 13.1. The molecule has 1 heterocycles. The second-order valence-corrected chi connectivity index (χ2v) is 6.12. The number of carbonyl (C=O) groups excluding carboxylic acids is 2. The Labute approximate surface area is 134 Å². The lowest BCUT2D eigenvalue weighted by Gasteiger charge is -2.31. The van der Waals surface area contributed by atoms with Crippen molar-refractivity contribution in [2.24, 2.45) is 0 Å². The molecule has 5 nitrogen and oxygen atoms in total. The highest BCUT2D eigenvalue weighted by molar-refractivity contribution is 6.03. The fourth-order valence-electron chi connectivity index (χ4n) is 2.55. The summed E-state index contributed by atoms with van der Waals surface area (Å²) in [5, 5.41) is 5.45. The highest BCUT2D eigenvalue weighted by Gasteiger charge is 2.32. The molecule has 2 aromatic rings. The van der Waals surface area contributed by atoms with Crippen molar-refractivity contribution in [3.63, 3.8) is 0 Å². The highest BCUT2D eigenvalue weighted by Crippen LogP contribution is 2.34. The molecular weight excluding hydrogens is 292 g/mol. The van der Waals surface area contributed by atoms with Gasteiger partial charge in [0.1, 0.15) is 11.4 Å². The van der Waals surface area contributed by atoms with Crippen molar-refractivity contribution in [2.75, 3.05) is 10.6 Å². The molecule has 5 heteroatoms. The van der Waals surface area contributed by atoms with E-state index in [0.29, 0.717) is 29.1 Å². The minimum Gasteiger partial charge on any atom is -0.487 e. The summed E-state index contributed by atoms with van der Waals surface area (Å²) in [4.78, 5) is 24.2.